The minimum atomic E-state index is -0.761. The second-order valence-corrected chi connectivity index (χ2v) is 25.1. The molecule has 0 saturated carbocycles. The largest absolute Gasteiger partial charge is 0.445 e. The van der Waals surface area contributed by atoms with Gasteiger partial charge in [-0.1, -0.05) is 67.4 Å². The van der Waals surface area contributed by atoms with Gasteiger partial charge >= 0.3 is 30.4 Å². The van der Waals surface area contributed by atoms with Crippen molar-refractivity contribution >= 4 is 148 Å². The summed E-state index contributed by atoms with van der Waals surface area (Å²) in [5, 5.41) is 30.3. The van der Waals surface area contributed by atoms with Gasteiger partial charge in [-0.25, -0.2) is 28.8 Å². The Bertz CT molecular complexity index is 4020. The van der Waals surface area contributed by atoms with Crippen LogP contribution in [0.4, 0.5) is 86.5 Å². The van der Waals surface area contributed by atoms with Crippen LogP contribution in [0.5, 0.6) is 5.75 Å². The number of nitriles is 1. The van der Waals surface area contributed by atoms with E-state index in [1.807, 2.05) is 92.0 Å². The Hall–Kier alpha value is -11.0. The normalized spacial score (nSPS) is 10.8. The van der Waals surface area contributed by atoms with E-state index in [1.165, 1.54) is 34.9 Å². The molecule has 0 fully saturated rings. The molecule has 0 heterocycles. The first-order valence-corrected chi connectivity index (χ1v) is 33.4. The summed E-state index contributed by atoms with van der Waals surface area (Å²) in [6, 6.07) is 50.6. The van der Waals surface area contributed by atoms with Crippen molar-refractivity contribution in [3.05, 3.63) is 192 Å². The lowest BCUT2D eigenvalue weighted by atomic mass is 10.2. The summed E-state index contributed by atoms with van der Waals surface area (Å²) in [6.07, 6.45) is -1.54. The number of carbonyl (C=O) groups excluding carboxylic acids is 7. The van der Waals surface area contributed by atoms with Gasteiger partial charge in [0.1, 0.15) is 31.2 Å². The van der Waals surface area contributed by atoms with Crippen LogP contribution < -0.4 is 58.7 Å². The van der Waals surface area contributed by atoms with Crippen molar-refractivity contribution in [3.63, 3.8) is 0 Å². The van der Waals surface area contributed by atoms with Crippen LogP contribution in [-0.4, -0.2) is 74.9 Å². The standard InChI is InChI=1S/C35H38N6O6S2.C21H20N4O6.C12H12N2S2/c1-21-7-9-28(39-33(43)38-26-12-16-30(17-13-26)49-48-29-14-10-25(36-5)11-15-29)19-31(21)40-34(44)46-20-23(3)47-35(45)41-32-18-27(37-24(4)42)8-6-22(32)2;1-13-4-6-16(23-12-26)8-18(13)25-21(28)31-15(3)10-29-20(27)24-19-9-17(30-11-22)7-5-14(19)2;13-9-1-5-11(6-2-9)15-16-12-7-3-10(14)4-8-12/h6-19,23,36H,20H2,1-5H3,(H,37,42)(H,40,44)(H,41,45)(H2,38,39,43);4-9,15H,10H2,1-3H3,(H,24,27)(H,25,28);1-8H,13-14H2. The molecule has 0 aliphatic rings. The number of ether oxygens (including phenoxy) is 5. The summed E-state index contributed by atoms with van der Waals surface area (Å²) in [5.41, 5.74) is 20.5. The highest BCUT2D eigenvalue weighted by atomic mass is 33.1. The highest BCUT2D eigenvalue weighted by molar-refractivity contribution is 8.77. The molecule has 7 amide bonds. The molecule has 0 bridgehead atoms. The Morgan fingerprint density at radius 1 is 0.469 bits per heavy atom. The number of carbonyl (C=O) groups is 6. The summed E-state index contributed by atoms with van der Waals surface area (Å²) in [7, 11) is 8.57. The second kappa shape index (κ2) is 38.3. The lowest BCUT2D eigenvalue weighted by Crippen LogP contribution is -2.27. The molecule has 28 heteroatoms. The van der Waals surface area contributed by atoms with Crippen molar-refractivity contribution in [1.29, 1.82) is 5.26 Å². The first-order chi connectivity index (χ1) is 46.0. The van der Waals surface area contributed by atoms with Crippen LogP contribution >= 0.6 is 43.2 Å². The van der Waals surface area contributed by atoms with E-state index in [9.17, 15) is 33.6 Å². The van der Waals surface area contributed by atoms with E-state index in [0.29, 0.717) is 45.5 Å². The topological polar surface area (TPSA) is 350 Å². The van der Waals surface area contributed by atoms with Crippen LogP contribution in [0.15, 0.2) is 194 Å². The number of anilines is 10. The van der Waals surface area contributed by atoms with Gasteiger partial charge in [-0.2, -0.15) is 4.99 Å². The van der Waals surface area contributed by atoms with Gasteiger partial charge in [-0.3, -0.25) is 26.1 Å². The van der Waals surface area contributed by atoms with Crippen LogP contribution in [0.3, 0.4) is 0 Å². The number of aryl methyl sites for hydroxylation is 4. The fourth-order valence-corrected chi connectivity index (χ4v) is 11.6. The molecule has 24 nitrogen and oxygen atoms in total. The molecule has 498 valence electrons. The van der Waals surface area contributed by atoms with Gasteiger partial charge in [0, 0.05) is 90.8 Å². The lowest BCUT2D eigenvalue weighted by molar-refractivity contribution is -0.114. The summed E-state index contributed by atoms with van der Waals surface area (Å²) < 4.78 is 25.5. The number of amides is 7. The number of nitrogen functional groups attached to an aromatic ring is 2. The molecular weight excluding hydrogens is 1310 g/mol. The Labute approximate surface area is 570 Å². The van der Waals surface area contributed by atoms with Crippen LogP contribution in [-0.2, 0) is 28.5 Å². The number of nitrogens with zero attached hydrogens (tertiary/aromatic N) is 2. The quantitative estimate of drug-likeness (QED) is 0.00752. The Balaban J connectivity index is 0.000000261. The number of isocyanates is 1. The molecule has 0 aliphatic carbocycles. The smallest absolute Gasteiger partial charge is 0.412 e. The molecule has 8 rings (SSSR count). The fourth-order valence-electron chi connectivity index (χ4n) is 7.79. The molecule has 0 aliphatic heterocycles. The SMILES string of the molecule is CNc1ccc(SSc2ccc(NC(=O)Nc3ccc(C)c(NC(=O)OCC(C)OC(=O)Nc4cc(NC(C)=O)ccc4C)c3)cc2)cc1.Cc1ccc(OC#N)cc1NC(=O)OCC(C)OC(=O)Nc1cc(N=C=O)ccc1C.Nc1ccc(SSc2ccc(N)cc2)cc1. The van der Waals surface area contributed by atoms with E-state index in [4.69, 9.17) is 40.4 Å². The number of urea groups is 1. The zero-order valence-electron chi connectivity index (χ0n) is 53.3. The zero-order valence-corrected chi connectivity index (χ0v) is 56.6. The Morgan fingerprint density at radius 2 is 0.833 bits per heavy atom. The number of nitrogens with two attached hydrogens (primary N) is 2. The van der Waals surface area contributed by atoms with Gasteiger partial charge in [0.15, 0.2) is 0 Å². The molecular formula is C68H70N12O12S4. The number of benzene rings is 8. The number of hydrogen-bond donors (Lipinski definition) is 10. The predicted octanol–water partition coefficient (Wildman–Crippen LogP) is 16.9. The first kappa shape index (κ1) is 74.1. The van der Waals surface area contributed by atoms with Gasteiger partial charge in [0.25, 0.3) is 6.26 Å². The molecule has 8 aromatic carbocycles. The van der Waals surface area contributed by atoms with Crippen LogP contribution in [0.25, 0.3) is 0 Å². The molecule has 12 N–H and O–H groups in total. The molecule has 8 aromatic rings. The molecule has 0 saturated heterocycles. The first-order valence-electron chi connectivity index (χ1n) is 29.1. The van der Waals surface area contributed by atoms with Crippen LogP contribution in [0.1, 0.15) is 43.0 Å². The third-order valence-corrected chi connectivity index (χ3v) is 17.6. The lowest BCUT2D eigenvalue weighted by Gasteiger charge is -2.16. The Kier molecular flexibility index (Phi) is 29.6. The molecule has 0 aromatic heterocycles. The second-order valence-electron chi connectivity index (χ2n) is 20.6. The van der Waals surface area contributed by atoms with Crippen molar-refractivity contribution in [3.8, 4) is 12.0 Å². The van der Waals surface area contributed by atoms with Crippen molar-refractivity contribution in [1.82, 2.24) is 0 Å². The summed E-state index contributed by atoms with van der Waals surface area (Å²) in [6.45, 7) is 11.3. The van der Waals surface area contributed by atoms with Crippen molar-refractivity contribution in [2.45, 2.75) is 80.3 Å². The highest BCUT2D eigenvalue weighted by Gasteiger charge is 2.18. The van der Waals surface area contributed by atoms with Crippen LogP contribution in [0, 0.1) is 39.2 Å². The van der Waals surface area contributed by atoms with E-state index >= 15 is 0 Å². The fraction of sp³-hybridized carbons (Fsp3) is 0.176. The average molecular weight is 1380 g/mol. The van der Waals surface area contributed by atoms with Crippen molar-refractivity contribution in [2.24, 2.45) is 4.99 Å². The van der Waals surface area contributed by atoms with Gasteiger partial charge in [-0.15, -0.1) is 5.26 Å². The summed E-state index contributed by atoms with van der Waals surface area (Å²) in [5.74, 6) is 0.0370. The van der Waals surface area contributed by atoms with Crippen molar-refractivity contribution in [2.75, 3.05) is 74.3 Å². The third-order valence-electron chi connectivity index (χ3n) is 12.8. The Morgan fingerprint density at radius 3 is 1.26 bits per heavy atom. The molecule has 96 heavy (non-hydrogen) atoms. The maximum absolute atomic E-state index is 12.7. The number of aliphatic imine (C=N–C) groups is 1. The highest BCUT2D eigenvalue weighted by Crippen LogP contribution is 2.39. The van der Waals surface area contributed by atoms with E-state index in [2.05, 4.69) is 59.7 Å². The van der Waals surface area contributed by atoms with Gasteiger partial charge in [0.05, 0.1) is 11.4 Å². The molecule has 0 radical (unpaired) electrons. The molecule has 2 atom stereocenters. The van der Waals surface area contributed by atoms with Gasteiger partial charge < -0.3 is 56.4 Å². The average Bonchev–Trinajstić information content (AvgIpc) is 1.07. The third kappa shape index (κ3) is 26.6. The zero-order chi connectivity index (χ0) is 69.5. The van der Waals surface area contributed by atoms with Gasteiger partial charge in [-0.05, 0) is 203 Å². The number of hydrogen-bond acceptors (Lipinski definition) is 21. The molecule has 2 unspecified atom stereocenters. The number of rotatable bonds is 22. The number of nitrogens with one attached hydrogen (secondary N) is 8. The van der Waals surface area contributed by atoms with Gasteiger partial charge in [0.2, 0.25) is 12.0 Å². The van der Waals surface area contributed by atoms with E-state index in [1.54, 1.807) is 152 Å². The maximum Gasteiger partial charge on any atom is 0.412 e. The van der Waals surface area contributed by atoms with E-state index in [-0.39, 0.29) is 24.9 Å². The minimum Gasteiger partial charge on any atom is -0.445 e. The van der Waals surface area contributed by atoms with E-state index in [0.717, 1.165) is 49.1 Å². The minimum absolute atomic E-state index is 0.193. The summed E-state index contributed by atoms with van der Waals surface area (Å²) >= 11 is 0. The monoisotopic (exact) mass is 1370 g/mol. The van der Waals surface area contributed by atoms with Crippen molar-refractivity contribution < 1.29 is 57.2 Å². The van der Waals surface area contributed by atoms with E-state index < -0.39 is 42.6 Å². The predicted molar refractivity (Wildman–Crippen MR) is 382 cm³/mol. The summed E-state index contributed by atoms with van der Waals surface area (Å²) in [4.78, 5) is 91.5. The van der Waals surface area contributed by atoms with Crippen LogP contribution in [0.2, 0.25) is 0 Å². The maximum atomic E-state index is 12.7. The molecule has 0 spiro atoms.